The van der Waals surface area contributed by atoms with E-state index in [1.807, 2.05) is 6.92 Å². The van der Waals surface area contributed by atoms with Gasteiger partial charge in [0.1, 0.15) is 4.90 Å². The Morgan fingerprint density at radius 2 is 2.05 bits per heavy atom. The van der Waals surface area contributed by atoms with E-state index in [1.54, 1.807) is 11.7 Å². The van der Waals surface area contributed by atoms with E-state index in [0.29, 0.717) is 19.0 Å². The van der Waals surface area contributed by atoms with Crippen molar-refractivity contribution in [2.75, 3.05) is 19.3 Å². The lowest BCUT2D eigenvalue weighted by molar-refractivity contribution is 0.300. The van der Waals surface area contributed by atoms with Crippen LogP contribution in [0.2, 0.25) is 0 Å². The van der Waals surface area contributed by atoms with Crippen molar-refractivity contribution in [2.24, 2.45) is 5.92 Å². The van der Waals surface area contributed by atoms with Gasteiger partial charge in [0.2, 0.25) is 10.0 Å². The summed E-state index contributed by atoms with van der Waals surface area (Å²) in [5.74, 6) is 0.549. The molecule has 0 aromatic carbocycles. The van der Waals surface area contributed by atoms with E-state index in [9.17, 15) is 8.42 Å². The molecule has 6 nitrogen and oxygen atoms in total. The van der Waals surface area contributed by atoms with Crippen LogP contribution < -0.4 is 5.73 Å². The van der Waals surface area contributed by atoms with Crippen LogP contribution in [0.15, 0.2) is 11.1 Å². The third-order valence-corrected chi connectivity index (χ3v) is 5.85. The van der Waals surface area contributed by atoms with Gasteiger partial charge in [-0.25, -0.2) is 12.7 Å². The molecule has 0 bridgehead atoms. The standard InChI is InChI=1S/C13H24N4O2S/c1-3-17-10-12(13(14)15-17)20(18,19)16(2)9-11-7-5-4-6-8-11/h10-11H,3-9H2,1-2H3,(H2,14,15). The first-order valence-corrected chi connectivity index (χ1v) is 8.68. The third kappa shape index (κ3) is 3.15. The van der Waals surface area contributed by atoms with E-state index >= 15 is 0 Å². The van der Waals surface area contributed by atoms with E-state index in [-0.39, 0.29) is 10.7 Å². The fourth-order valence-corrected chi connectivity index (χ4v) is 4.08. The highest BCUT2D eigenvalue weighted by Crippen LogP contribution is 2.27. The molecule has 1 aliphatic rings. The molecule has 0 unspecified atom stereocenters. The van der Waals surface area contributed by atoms with E-state index in [1.165, 1.54) is 29.8 Å². The van der Waals surface area contributed by atoms with Gasteiger partial charge in [-0.3, -0.25) is 4.68 Å². The summed E-state index contributed by atoms with van der Waals surface area (Å²) in [4.78, 5) is 0.123. The first-order chi connectivity index (χ1) is 9.45. The summed E-state index contributed by atoms with van der Waals surface area (Å²) in [6.45, 7) is 3.07. The van der Waals surface area contributed by atoms with E-state index in [0.717, 1.165) is 12.8 Å². The van der Waals surface area contributed by atoms with Gasteiger partial charge in [-0.2, -0.15) is 5.10 Å². The molecule has 0 spiro atoms. The molecule has 0 saturated heterocycles. The van der Waals surface area contributed by atoms with Crippen molar-refractivity contribution in [1.29, 1.82) is 0 Å². The number of nitrogens with zero attached hydrogens (tertiary/aromatic N) is 3. The molecule has 0 amide bonds. The zero-order valence-corrected chi connectivity index (χ0v) is 13.1. The summed E-state index contributed by atoms with van der Waals surface area (Å²) in [7, 11) is -1.90. The number of anilines is 1. The lowest BCUT2D eigenvalue weighted by Crippen LogP contribution is -2.33. The van der Waals surface area contributed by atoms with Crippen LogP contribution >= 0.6 is 0 Å². The monoisotopic (exact) mass is 300 g/mol. The summed E-state index contributed by atoms with van der Waals surface area (Å²) in [6, 6.07) is 0. The van der Waals surface area contributed by atoms with Gasteiger partial charge in [0.25, 0.3) is 0 Å². The van der Waals surface area contributed by atoms with E-state index < -0.39 is 10.0 Å². The fraction of sp³-hybridized carbons (Fsp3) is 0.769. The lowest BCUT2D eigenvalue weighted by Gasteiger charge is -2.26. The number of nitrogen functional groups attached to an aromatic ring is 1. The highest BCUT2D eigenvalue weighted by atomic mass is 32.2. The highest BCUT2D eigenvalue weighted by Gasteiger charge is 2.28. The largest absolute Gasteiger partial charge is 0.381 e. The quantitative estimate of drug-likeness (QED) is 0.897. The maximum absolute atomic E-state index is 12.5. The molecule has 114 valence electrons. The maximum Gasteiger partial charge on any atom is 0.248 e. The van der Waals surface area contributed by atoms with Crippen LogP contribution in [-0.2, 0) is 16.6 Å². The second-order valence-electron chi connectivity index (χ2n) is 5.52. The summed E-state index contributed by atoms with van der Waals surface area (Å²) < 4.78 is 28.1. The minimum atomic E-state index is -3.53. The van der Waals surface area contributed by atoms with Crippen molar-refractivity contribution >= 4 is 15.8 Å². The van der Waals surface area contributed by atoms with E-state index in [2.05, 4.69) is 5.10 Å². The number of hydrogen-bond donors (Lipinski definition) is 1. The zero-order valence-electron chi connectivity index (χ0n) is 12.2. The van der Waals surface area contributed by atoms with Gasteiger partial charge in [0, 0.05) is 26.3 Å². The van der Waals surface area contributed by atoms with Crippen LogP contribution in [0.4, 0.5) is 5.82 Å². The second kappa shape index (κ2) is 6.13. The first-order valence-electron chi connectivity index (χ1n) is 7.24. The van der Waals surface area contributed by atoms with E-state index in [4.69, 9.17) is 5.73 Å². The summed E-state index contributed by atoms with van der Waals surface area (Å²) >= 11 is 0. The molecule has 0 radical (unpaired) electrons. The van der Waals surface area contributed by atoms with Gasteiger partial charge in [-0.05, 0) is 25.7 Å². The predicted octanol–water partition coefficient (Wildman–Crippen LogP) is 1.69. The van der Waals surface area contributed by atoms with Crippen LogP contribution in [0.1, 0.15) is 39.0 Å². The molecule has 1 fully saturated rings. The molecule has 0 aliphatic heterocycles. The van der Waals surface area contributed by atoms with Gasteiger partial charge in [0.15, 0.2) is 5.82 Å². The lowest BCUT2D eigenvalue weighted by atomic mass is 9.89. The molecule has 20 heavy (non-hydrogen) atoms. The van der Waals surface area contributed by atoms with Crippen molar-refractivity contribution in [3.63, 3.8) is 0 Å². The number of sulfonamides is 1. The van der Waals surface area contributed by atoms with Crippen molar-refractivity contribution in [3.05, 3.63) is 6.20 Å². The smallest absolute Gasteiger partial charge is 0.248 e. The van der Waals surface area contributed by atoms with Gasteiger partial charge in [-0.15, -0.1) is 0 Å². The van der Waals surface area contributed by atoms with Gasteiger partial charge in [-0.1, -0.05) is 19.3 Å². The van der Waals surface area contributed by atoms with Crippen LogP contribution in [-0.4, -0.2) is 36.1 Å². The molecule has 1 saturated carbocycles. The van der Waals surface area contributed by atoms with Crippen molar-refractivity contribution in [3.8, 4) is 0 Å². The van der Waals surface area contributed by atoms with Crippen LogP contribution in [0.25, 0.3) is 0 Å². The number of rotatable bonds is 5. The number of aryl methyl sites for hydroxylation is 1. The third-order valence-electron chi connectivity index (χ3n) is 4.01. The van der Waals surface area contributed by atoms with Gasteiger partial charge in [0.05, 0.1) is 0 Å². The Kier molecular flexibility index (Phi) is 4.70. The minimum Gasteiger partial charge on any atom is -0.381 e. The highest BCUT2D eigenvalue weighted by molar-refractivity contribution is 7.89. The maximum atomic E-state index is 12.5. The first kappa shape index (κ1) is 15.3. The average molecular weight is 300 g/mol. The van der Waals surface area contributed by atoms with Crippen molar-refractivity contribution in [2.45, 2.75) is 50.5 Å². The molecule has 1 aromatic heterocycles. The molecule has 1 heterocycles. The number of nitrogens with two attached hydrogens (primary N) is 1. The summed E-state index contributed by atoms with van der Waals surface area (Å²) in [6.07, 6.45) is 7.42. The molecular formula is C13H24N4O2S. The van der Waals surface area contributed by atoms with Crippen molar-refractivity contribution in [1.82, 2.24) is 14.1 Å². The summed E-state index contributed by atoms with van der Waals surface area (Å²) in [5, 5.41) is 4.01. The fourth-order valence-electron chi connectivity index (χ4n) is 2.78. The Hall–Kier alpha value is -1.08. The Labute approximate surface area is 121 Å². The average Bonchev–Trinajstić information content (AvgIpc) is 2.82. The zero-order chi connectivity index (χ0) is 14.8. The molecule has 7 heteroatoms. The van der Waals surface area contributed by atoms with Crippen LogP contribution in [0.3, 0.4) is 0 Å². The Morgan fingerprint density at radius 3 is 2.60 bits per heavy atom. The molecule has 1 aromatic rings. The van der Waals surface area contributed by atoms with Gasteiger partial charge >= 0.3 is 0 Å². The predicted molar refractivity (Wildman–Crippen MR) is 78.7 cm³/mol. The summed E-state index contributed by atoms with van der Waals surface area (Å²) in [5.41, 5.74) is 5.74. The Balaban J connectivity index is 2.13. The molecular weight excluding hydrogens is 276 g/mol. The van der Waals surface area contributed by atoms with Crippen LogP contribution in [0, 0.1) is 5.92 Å². The number of aromatic nitrogens is 2. The molecule has 2 rings (SSSR count). The SMILES string of the molecule is CCn1cc(S(=O)(=O)N(C)CC2CCCCC2)c(N)n1. The number of hydrogen-bond acceptors (Lipinski definition) is 4. The Morgan fingerprint density at radius 1 is 1.40 bits per heavy atom. The van der Waals surface area contributed by atoms with Crippen LogP contribution in [0.5, 0.6) is 0 Å². The molecule has 1 aliphatic carbocycles. The topological polar surface area (TPSA) is 81.2 Å². The van der Waals surface area contributed by atoms with Crippen molar-refractivity contribution < 1.29 is 8.42 Å². The normalized spacial score (nSPS) is 17.8. The Bertz CT molecular complexity index is 547. The minimum absolute atomic E-state index is 0.0855. The van der Waals surface area contributed by atoms with Gasteiger partial charge < -0.3 is 5.73 Å². The molecule has 2 N–H and O–H groups in total. The molecule has 0 atom stereocenters. The second-order valence-corrected chi connectivity index (χ2v) is 7.54.